The highest BCUT2D eigenvalue weighted by atomic mass is 35.5. The molecule has 1 heterocycles. The molecule has 0 aliphatic heterocycles. The number of carbonyl (C=O) groups is 2. The van der Waals surface area contributed by atoms with Gasteiger partial charge in [-0.3, -0.25) is 9.59 Å². The second-order valence-electron chi connectivity index (χ2n) is 7.08. The first kappa shape index (κ1) is 27.8. The summed E-state index contributed by atoms with van der Waals surface area (Å²) >= 11 is 5.56. The molecule has 2 rings (SSSR count). The predicted octanol–water partition coefficient (Wildman–Crippen LogP) is 3.87. The lowest BCUT2D eigenvalue weighted by atomic mass is 10.1. The smallest absolute Gasteiger partial charge is 0.433 e. The third-order valence-electron chi connectivity index (χ3n) is 4.32. The van der Waals surface area contributed by atoms with Crippen LogP contribution in [0.25, 0.3) is 0 Å². The summed E-state index contributed by atoms with van der Waals surface area (Å²) in [5, 5.41) is 4.65. The molecule has 0 aliphatic rings. The fraction of sp³-hybridized carbons (Fsp3) is 0.318. The number of carbonyl (C=O) groups excluding carboxylic acids is 2. The van der Waals surface area contributed by atoms with Gasteiger partial charge in [0.25, 0.3) is 11.8 Å². The normalized spacial score (nSPS) is 12.9. The maximum Gasteiger partial charge on any atom is 0.433 e. The van der Waals surface area contributed by atoms with E-state index in [1.165, 1.54) is 18.2 Å². The average Bonchev–Trinajstić information content (AvgIpc) is 2.81. The van der Waals surface area contributed by atoms with E-state index in [-0.39, 0.29) is 22.9 Å². The van der Waals surface area contributed by atoms with Crippen LogP contribution in [-0.2, 0) is 15.8 Å². The summed E-state index contributed by atoms with van der Waals surface area (Å²) in [4.78, 5) is 27.0. The Morgan fingerprint density at radius 3 is 2.37 bits per heavy atom. The zero-order chi connectivity index (χ0) is 26.0. The maximum absolute atomic E-state index is 14.2. The molecule has 190 valence electrons. The summed E-state index contributed by atoms with van der Waals surface area (Å²) in [5.74, 6) is -2.02. The highest BCUT2D eigenvalue weighted by molar-refractivity contribution is 6.30. The first-order valence-corrected chi connectivity index (χ1v) is 10.4. The van der Waals surface area contributed by atoms with Gasteiger partial charge in [-0.25, -0.2) is 13.8 Å². The number of rotatable bonds is 12. The van der Waals surface area contributed by atoms with Gasteiger partial charge in [0.05, 0.1) is 11.2 Å². The summed E-state index contributed by atoms with van der Waals surface area (Å²) in [5.41, 5.74) is -1.11. The van der Waals surface area contributed by atoms with Crippen LogP contribution >= 0.6 is 11.6 Å². The van der Waals surface area contributed by atoms with E-state index in [4.69, 9.17) is 21.1 Å². The molecule has 7 nitrogen and oxygen atoms in total. The Morgan fingerprint density at radius 2 is 1.77 bits per heavy atom. The lowest BCUT2D eigenvalue weighted by Crippen LogP contribution is -2.40. The first-order chi connectivity index (χ1) is 16.5. The van der Waals surface area contributed by atoms with Crippen LogP contribution < -0.4 is 20.1 Å². The quantitative estimate of drug-likeness (QED) is 0.327. The van der Waals surface area contributed by atoms with Crippen LogP contribution in [-0.4, -0.2) is 48.8 Å². The Morgan fingerprint density at radius 1 is 1.11 bits per heavy atom. The number of pyridine rings is 1. The van der Waals surface area contributed by atoms with Gasteiger partial charge in [0.1, 0.15) is 29.2 Å². The number of ether oxygens (including phenoxy) is 2. The number of amides is 2. The van der Waals surface area contributed by atoms with Crippen LogP contribution in [0.5, 0.6) is 11.5 Å². The van der Waals surface area contributed by atoms with Crippen LogP contribution in [0.4, 0.5) is 22.0 Å². The average molecular weight is 522 g/mol. The van der Waals surface area contributed by atoms with Gasteiger partial charge in [0.15, 0.2) is 13.2 Å². The molecule has 2 N–H and O–H groups in total. The fourth-order valence-electron chi connectivity index (χ4n) is 2.59. The van der Waals surface area contributed by atoms with Gasteiger partial charge in [0, 0.05) is 25.1 Å². The lowest BCUT2D eigenvalue weighted by Gasteiger charge is -2.18. The van der Waals surface area contributed by atoms with Gasteiger partial charge >= 0.3 is 6.18 Å². The third-order valence-corrected chi connectivity index (χ3v) is 4.63. The van der Waals surface area contributed by atoms with E-state index in [0.29, 0.717) is 6.07 Å². The summed E-state index contributed by atoms with van der Waals surface area (Å²) in [7, 11) is 0. The van der Waals surface area contributed by atoms with Gasteiger partial charge in [-0.05, 0) is 24.3 Å². The van der Waals surface area contributed by atoms with E-state index in [1.807, 2.05) is 0 Å². The van der Waals surface area contributed by atoms with Crippen molar-refractivity contribution in [2.45, 2.75) is 24.8 Å². The number of hydrogen-bond donors (Lipinski definition) is 2. The van der Waals surface area contributed by atoms with Crippen LogP contribution in [0.1, 0.15) is 12.1 Å². The number of alkyl halides is 4. The minimum absolute atomic E-state index is 0.0667. The zero-order valence-corrected chi connectivity index (χ0v) is 18.8. The Kier molecular flexibility index (Phi) is 10.2. The number of benzene rings is 1. The summed E-state index contributed by atoms with van der Waals surface area (Å²) in [6.07, 6.45) is -4.26. The molecule has 2 atom stereocenters. The maximum atomic E-state index is 14.2. The van der Waals surface area contributed by atoms with Gasteiger partial charge < -0.3 is 20.1 Å². The number of nitrogens with zero attached hydrogens (tertiary/aromatic N) is 1. The molecule has 1 aromatic heterocycles. The molecule has 0 bridgehead atoms. The van der Waals surface area contributed by atoms with Crippen molar-refractivity contribution >= 4 is 23.4 Å². The van der Waals surface area contributed by atoms with E-state index >= 15 is 0 Å². The molecular formula is C22H21ClF5N3O4. The van der Waals surface area contributed by atoms with Crippen molar-refractivity contribution in [2.75, 3.05) is 19.8 Å². The van der Waals surface area contributed by atoms with Gasteiger partial charge in [-0.15, -0.1) is 6.58 Å². The second kappa shape index (κ2) is 12.9. The first-order valence-electron chi connectivity index (χ1n) is 10.0. The molecule has 35 heavy (non-hydrogen) atoms. The third kappa shape index (κ3) is 9.77. The van der Waals surface area contributed by atoms with Gasteiger partial charge in [-0.1, -0.05) is 17.7 Å². The number of aromatic nitrogens is 1. The number of nitrogens with one attached hydrogen (secondary N) is 2. The van der Waals surface area contributed by atoms with E-state index in [1.54, 1.807) is 0 Å². The molecule has 0 radical (unpaired) electrons. The molecule has 2 aromatic rings. The zero-order valence-electron chi connectivity index (χ0n) is 18.1. The standard InChI is InChI=1S/C22H21ClF5N3O4/c1-2-14(31-21(33)12-34-15-3-5-17(23)18(25)8-15)7-13(24)9-30-20(32)11-35-16-4-6-19(29-10-16)22(26,27)28/h2-6,8,10,13-14H,1,7,9,11-12H2,(H,30,32)(H,31,33)/t13-,14?/m0/s1. The largest absolute Gasteiger partial charge is 0.484 e. The molecule has 0 spiro atoms. The van der Waals surface area contributed by atoms with Crippen LogP contribution in [0.15, 0.2) is 49.2 Å². The molecule has 0 aliphatic carbocycles. The molecular weight excluding hydrogens is 501 g/mol. The summed E-state index contributed by atoms with van der Waals surface area (Å²) < 4.78 is 75.2. The van der Waals surface area contributed by atoms with Crippen LogP contribution in [0, 0.1) is 5.82 Å². The van der Waals surface area contributed by atoms with Crippen molar-refractivity contribution in [1.29, 1.82) is 0 Å². The van der Waals surface area contributed by atoms with E-state index < -0.39 is 61.5 Å². The molecule has 1 aromatic carbocycles. The van der Waals surface area contributed by atoms with Gasteiger partial charge in [0.2, 0.25) is 0 Å². The minimum atomic E-state index is -4.60. The highest BCUT2D eigenvalue weighted by Crippen LogP contribution is 2.28. The predicted molar refractivity (Wildman–Crippen MR) is 116 cm³/mol. The monoisotopic (exact) mass is 521 g/mol. The molecule has 13 heteroatoms. The Labute approximate surface area is 202 Å². The Hall–Kier alpha value is -3.41. The van der Waals surface area contributed by atoms with Crippen molar-refractivity contribution in [3.8, 4) is 11.5 Å². The summed E-state index contributed by atoms with van der Waals surface area (Å²) in [6, 6.07) is 4.58. The lowest BCUT2D eigenvalue weighted by molar-refractivity contribution is -0.141. The Bertz CT molecular complexity index is 1020. The summed E-state index contributed by atoms with van der Waals surface area (Å²) in [6.45, 7) is 2.08. The van der Waals surface area contributed by atoms with E-state index in [9.17, 15) is 31.5 Å². The SMILES string of the molecule is C=CC(C[C@H](F)CNC(=O)COc1ccc(C(F)(F)F)nc1)NC(=O)COc1ccc(Cl)c(F)c1. The number of halogens is 6. The van der Waals surface area contributed by atoms with Crippen molar-refractivity contribution < 1.29 is 41.0 Å². The van der Waals surface area contributed by atoms with Crippen molar-refractivity contribution in [3.05, 3.63) is 65.7 Å². The van der Waals surface area contributed by atoms with Crippen LogP contribution in [0.2, 0.25) is 5.02 Å². The molecule has 1 unspecified atom stereocenters. The molecule has 2 amide bonds. The fourth-order valence-corrected chi connectivity index (χ4v) is 2.71. The second-order valence-corrected chi connectivity index (χ2v) is 7.48. The number of hydrogen-bond acceptors (Lipinski definition) is 5. The molecule has 0 fully saturated rings. The van der Waals surface area contributed by atoms with Crippen molar-refractivity contribution in [3.63, 3.8) is 0 Å². The van der Waals surface area contributed by atoms with E-state index in [2.05, 4.69) is 22.2 Å². The molecule has 0 saturated heterocycles. The van der Waals surface area contributed by atoms with Crippen molar-refractivity contribution in [2.24, 2.45) is 0 Å². The molecule has 0 saturated carbocycles. The van der Waals surface area contributed by atoms with Crippen LogP contribution in [0.3, 0.4) is 0 Å². The Balaban J connectivity index is 1.69. The highest BCUT2D eigenvalue weighted by Gasteiger charge is 2.32. The van der Waals surface area contributed by atoms with Crippen molar-refractivity contribution in [1.82, 2.24) is 15.6 Å². The minimum Gasteiger partial charge on any atom is -0.484 e. The van der Waals surface area contributed by atoms with E-state index in [0.717, 1.165) is 18.3 Å². The topological polar surface area (TPSA) is 89.5 Å². The van der Waals surface area contributed by atoms with Gasteiger partial charge in [-0.2, -0.15) is 13.2 Å².